The van der Waals surface area contributed by atoms with E-state index in [-0.39, 0.29) is 0 Å². The maximum atomic E-state index is 11.6. The van der Waals surface area contributed by atoms with Gasteiger partial charge in [0.05, 0.1) is 5.41 Å². The van der Waals surface area contributed by atoms with Crippen LogP contribution in [0.25, 0.3) is 0 Å². The summed E-state index contributed by atoms with van der Waals surface area (Å²) in [4.78, 5) is 10.0. The second-order valence-electron chi connectivity index (χ2n) is 2.32. The lowest BCUT2D eigenvalue weighted by Gasteiger charge is -2.11. The Bertz CT molecular complexity index is 98.6. The lowest BCUT2D eigenvalue weighted by Crippen LogP contribution is -2.25. The number of carboxylic acids is 1. The average molecular weight is 120 g/mol. The van der Waals surface area contributed by atoms with Crippen molar-refractivity contribution in [3.05, 3.63) is 0 Å². The van der Waals surface area contributed by atoms with Crippen LogP contribution in [0.4, 0.5) is 4.39 Å². The van der Waals surface area contributed by atoms with Crippen molar-refractivity contribution in [2.75, 3.05) is 6.67 Å². The first kappa shape index (κ1) is 7.40. The molecule has 0 fully saturated rings. The lowest BCUT2D eigenvalue weighted by molar-refractivity contribution is -0.147. The van der Waals surface area contributed by atoms with Crippen molar-refractivity contribution < 1.29 is 14.3 Å². The Morgan fingerprint density at radius 2 is 2.12 bits per heavy atom. The highest BCUT2D eigenvalue weighted by molar-refractivity contribution is 5.73. The minimum atomic E-state index is -1.21. The third-order valence-corrected chi connectivity index (χ3v) is 0.913. The average Bonchev–Trinajstić information content (AvgIpc) is 1.67. The first-order valence-corrected chi connectivity index (χ1v) is 2.30. The summed E-state index contributed by atoms with van der Waals surface area (Å²) in [5.41, 5.74) is -1.21. The van der Waals surface area contributed by atoms with Gasteiger partial charge in [-0.15, -0.1) is 0 Å². The molecule has 0 aromatic carbocycles. The molecule has 3 heteroatoms. The fraction of sp³-hybridized carbons (Fsp3) is 0.800. The van der Waals surface area contributed by atoms with Gasteiger partial charge in [-0.05, 0) is 13.8 Å². The third-order valence-electron chi connectivity index (χ3n) is 0.913. The molecule has 0 saturated carbocycles. The van der Waals surface area contributed by atoms with Gasteiger partial charge in [-0.1, -0.05) is 0 Å². The third kappa shape index (κ3) is 1.48. The molecule has 2 nitrogen and oxygen atoms in total. The normalized spacial score (nSPS) is 11.4. The van der Waals surface area contributed by atoms with Crippen LogP contribution < -0.4 is 0 Å². The van der Waals surface area contributed by atoms with Crippen LogP contribution in [0, 0.1) is 5.41 Å². The number of carboxylic acid groups (broad SMARTS) is 1. The van der Waals surface area contributed by atoms with Crippen LogP contribution in [0.15, 0.2) is 0 Å². The largest absolute Gasteiger partial charge is 0.481 e. The van der Waals surface area contributed by atoms with Crippen molar-refractivity contribution in [3.8, 4) is 0 Å². The lowest BCUT2D eigenvalue weighted by atomic mass is 9.96. The number of alkyl halides is 1. The molecule has 0 aliphatic rings. The molecule has 0 unspecified atom stereocenters. The van der Waals surface area contributed by atoms with Crippen molar-refractivity contribution in [3.63, 3.8) is 0 Å². The summed E-state index contributed by atoms with van der Waals surface area (Å²) in [5, 5.41) is 8.20. The van der Waals surface area contributed by atoms with Gasteiger partial charge in [0.2, 0.25) is 0 Å². The zero-order chi connectivity index (χ0) is 6.78. The molecule has 0 rings (SSSR count). The van der Waals surface area contributed by atoms with Crippen molar-refractivity contribution >= 4 is 5.97 Å². The van der Waals surface area contributed by atoms with Crippen LogP contribution in [-0.4, -0.2) is 17.8 Å². The van der Waals surface area contributed by atoms with Crippen LogP contribution in [0.2, 0.25) is 0 Å². The second-order valence-corrected chi connectivity index (χ2v) is 2.32. The number of hydrogen-bond donors (Lipinski definition) is 1. The molecule has 0 aromatic rings. The maximum Gasteiger partial charge on any atom is 0.311 e. The van der Waals surface area contributed by atoms with Gasteiger partial charge in [-0.25, -0.2) is 4.39 Å². The van der Waals surface area contributed by atoms with E-state index in [0.29, 0.717) is 0 Å². The van der Waals surface area contributed by atoms with Crippen molar-refractivity contribution in [2.45, 2.75) is 13.8 Å². The second kappa shape index (κ2) is 2.11. The van der Waals surface area contributed by atoms with Crippen LogP contribution in [-0.2, 0) is 4.79 Å². The highest BCUT2D eigenvalue weighted by Crippen LogP contribution is 2.14. The number of halogens is 1. The topological polar surface area (TPSA) is 37.3 Å². The Balaban J connectivity index is 3.91. The fourth-order valence-electron chi connectivity index (χ4n) is 0.0572. The summed E-state index contributed by atoms with van der Waals surface area (Å²) in [6.07, 6.45) is 0. The van der Waals surface area contributed by atoms with E-state index in [1.807, 2.05) is 0 Å². The van der Waals surface area contributed by atoms with Gasteiger partial charge in [-0.2, -0.15) is 0 Å². The van der Waals surface area contributed by atoms with Gasteiger partial charge in [-0.3, -0.25) is 4.79 Å². The summed E-state index contributed by atoms with van der Waals surface area (Å²) in [6, 6.07) is 0. The molecule has 0 radical (unpaired) electrons. The zero-order valence-electron chi connectivity index (χ0n) is 4.94. The Labute approximate surface area is 47.3 Å². The number of carbonyl (C=O) groups is 1. The molecule has 8 heavy (non-hydrogen) atoms. The van der Waals surface area contributed by atoms with Crippen LogP contribution in [0.1, 0.15) is 13.8 Å². The van der Waals surface area contributed by atoms with E-state index >= 15 is 0 Å². The minimum absolute atomic E-state index is 0.817. The van der Waals surface area contributed by atoms with Crippen molar-refractivity contribution in [2.24, 2.45) is 5.41 Å². The molecule has 0 aliphatic carbocycles. The standard InChI is InChI=1S/C5H9FO2/c1-5(2,3-6)4(7)8/h3H2,1-2H3,(H,7,8). The SMILES string of the molecule is CC(C)(CF)C(=O)O. The molecule has 0 amide bonds. The van der Waals surface area contributed by atoms with Gasteiger partial charge in [0.1, 0.15) is 6.67 Å². The molecule has 0 atom stereocenters. The molecule has 0 aliphatic heterocycles. The van der Waals surface area contributed by atoms with E-state index in [4.69, 9.17) is 5.11 Å². The molecule has 0 saturated heterocycles. The molecule has 0 aromatic heterocycles. The highest BCUT2D eigenvalue weighted by Gasteiger charge is 2.26. The van der Waals surface area contributed by atoms with Gasteiger partial charge >= 0.3 is 5.97 Å². The van der Waals surface area contributed by atoms with Gasteiger partial charge in [0.15, 0.2) is 0 Å². The number of aliphatic carboxylic acids is 1. The monoisotopic (exact) mass is 120 g/mol. The summed E-state index contributed by atoms with van der Waals surface area (Å²) >= 11 is 0. The first-order valence-electron chi connectivity index (χ1n) is 2.30. The Morgan fingerprint density at radius 3 is 2.12 bits per heavy atom. The smallest absolute Gasteiger partial charge is 0.311 e. The predicted molar refractivity (Wildman–Crippen MR) is 27.4 cm³/mol. The first-order chi connectivity index (χ1) is 3.50. The van der Waals surface area contributed by atoms with Crippen LogP contribution in [0.5, 0.6) is 0 Å². The fourth-order valence-corrected chi connectivity index (χ4v) is 0.0572. The van der Waals surface area contributed by atoms with Gasteiger partial charge in [0.25, 0.3) is 0 Å². The number of rotatable bonds is 2. The van der Waals surface area contributed by atoms with E-state index in [1.54, 1.807) is 0 Å². The summed E-state index contributed by atoms with van der Waals surface area (Å²) < 4.78 is 11.6. The van der Waals surface area contributed by atoms with E-state index in [2.05, 4.69) is 0 Å². The molecular formula is C5H9FO2. The van der Waals surface area contributed by atoms with Gasteiger partial charge < -0.3 is 5.11 Å². The van der Waals surface area contributed by atoms with Crippen LogP contribution in [0.3, 0.4) is 0 Å². The molecule has 0 spiro atoms. The summed E-state index contributed by atoms with van der Waals surface area (Å²) in [6.45, 7) is 1.87. The molecular weight excluding hydrogens is 111 g/mol. The maximum absolute atomic E-state index is 11.6. The van der Waals surface area contributed by atoms with Crippen molar-refractivity contribution in [1.29, 1.82) is 0 Å². The Hall–Kier alpha value is -0.600. The minimum Gasteiger partial charge on any atom is -0.481 e. The molecule has 48 valence electrons. The Kier molecular flexibility index (Phi) is 1.95. The summed E-state index contributed by atoms with van der Waals surface area (Å²) in [7, 11) is 0. The molecule has 0 bridgehead atoms. The van der Waals surface area contributed by atoms with E-state index in [0.717, 1.165) is 0 Å². The summed E-state index contributed by atoms with van der Waals surface area (Å²) in [5.74, 6) is -1.10. The number of hydrogen-bond acceptors (Lipinski definition) is 1. The Morgan fingerprint density at radius 1 is 1.75 bits per heavy atom. The van der Waals surface area contributed by atoms with E-state index < -0.39 is 18.1 Å². The molecule has 1 N–H and O–H groups in total. The highest BCUT2D eigenvalue weighted by atomic mass is 19.1. The van der Waals surface area contributed by atoms with E-state index in [9.17, 15) is 9.18 Å². The van der Waals surface area contributed by atoms with Crippen molar-refractivity contribution in [1.82, 2.24) is 0 Å². The van der Waals surface area contributed by atoms with Gasteiger partial charge in [0, 0.05) is 0 Å². The zero-order valence-corrected chi connectivity index (χ0v) is 4.94. The molecule has 0 heterocycles. The quantitative estimate of drug-likeness (QED) is 0.591. The van der Waals surface area contributed by atoms with E-state index in [1.165, 1.54) is 13.8 Å². The predicted octanol–water partition coefficient (Wildman–Crippen LogP) is 1.07. The van der Waals surface area contributed by atoms with Crippen LogP contribution >= 0.6 is 0 Å².